The third-order valence-corrected chi connectivity index (χ3v) is 5.69. The van der Waals surface area contributed by atoms with Crippen LogP contribution in [0.4, 0.5) is 10.1 Å². The maximum Gasteiger partial charge on any atom is 0.262 e. The molecule has 4 rings (SSSR count). The number of hydrogen-bond acceptors (Lipinski definition) is 4. The van der Waals surface area contributed by atoms with Gasteiger partial charge >= 0.3 is 0 Å². The standard InChI is InChI=1S/C22H22ClFN2O4/c1-13-2-3-19(16(23)8-13)29-11-14-4-6-26(7-5-14)22(28)15-9-18-20(10-17(15)24)30-12-21(27)25-18/h2-3,8-10,14H,4-7,11-12H2,1H3,(H,25,27). The number of anilines is 1. The third-order valence-electron chi connectivity index (χ3n) is 5.40. The number of carbonyl (C=O) groups is 2. The normalized spacial score (nSPS) is 16.5. The Kier molecular flexibility index (Phi) is 5.81. The summed E-state index contributed by atoms with van der Waals surface area (Å²) in [6, 6.07) is 8.16. The molecule has 0 atom stereocenters. The number of nitrogens with zero attached hydrogens (tertiary/aromatic N) is 1. The number of ether oxygens (including phenoxy) is 2. The number of likely N-dealkylation sites (tertiary alicyclic amines) is 1. The number of nitrogens with one attached hydrogen (secondary N) is 1. The van der Waals surface area contributed by atoms with Crippen molar-refractivity contribution < 1.29 is 23.5 Å². The van der Waals surface area contributed by atoms with Gasteiger partial charge in [0.2, 0.25) is 0 Å². The molecule has 6 nitrogen and oxygen atoms in total. The lowest BCUT2D eigenvalue weighted by Gasteiger charge is -2.32. The van der Waals surface area contributed by atoms with Crippen LogP contribution in [0.5, 0.6) is 11.5 Å². The van der Waals surface area contributed by atoms with Gasteiger partial charge < -0.3 is 19.7 Å². The molecule has 30 heavy (non-hydrogen) atoms. The molecule has 1 fully saturated rings. The van der Waals surface area contributed by atoms with Crippen LogP contribution in [0.3, 0.4) is 0 Å². The van der Waals surface area contributed by atoms with E-state index in [1.165, 1.54) is 6.07 Å². The van der Waals surface area contributed by atoms with Gasteiger partial charge in [-0.05, 0) is 49.4 Å². The molecule has 2 aliphatic heterocycles. The molecule has 0 aromatic heterocycles. The van der Waals surface area contributed by atoms with E-state index in [0.29, 0.717) is 36.2 Å². The smallest absolute Gasteiger partial charge is 0.262 e. The Balaban J connectivity index is 1.35. The predicted molar refractivity (Wildman–Crippen MR) is 111 cm³/mol. The number of rotatable bonds is 4. The molecule has 2 heterocycles. The lowest BCUT2D eigenvalue weighted by Crippen LogP contribution is -2.40. The molecule has 8 heteroatoms. The first-order chi connectivity index (χ1) is 14.4. The molecule has 2 aromatic carbocycles. The van der Waals surface area contributed by atoms with Gasteiger partial charge in [0.1, 0.15) is 17.3 Å². The molecule has 0 aliphatic carbocycles. The molecule has 158 valence electrons. The molecule has 0 unspecified atom stereocenters. The zero-order valence-corrected chi connectivity index (χ0v) is 17.3. The van der Waals surface area contributed by atoms with E-state index in [2.05, 4.69) is 5.32 Å². The number of hydrogen-bond donors (Lipinski definition) is 1. The molecule has 0 bridgehead atoms. The van der Waals surface area contributed by atoms with Crippen molar-refractivity contribution in [2.45, 2.75) is 19.8 Å². The molecule has 2 aliphatic rings. The summed E-state index contributed by atoms with van der Waals surface area (Å²) in [4.78, 5) is 26.0. The fourth-order valence-corrected chi connectivity index (χ4v) is 3.96. The quantitative estimate of drug-likeness (QED) is 0.791. The maximum atomic E-state index is 14.5. The summed E-state index contributed by atoms with van der Waals surface area (Å²) in [7, 11) is 0. The highest BCUT2D eigenvalue weighted by Crippen LogP contribution is 2.32. The van der Waals surface area contributed by atoms with Gasteiger partial charge in [0.15, 0.2) is 6.61 Å². The first kappa shape index (κ1) is 20.5. The van der Waals surface area contributed by atoms with E-state index < -0.39 is 11.7 Å². The number of amides is 2. The van der Waals surface area contributed by atoms with Gasteiger partial charge in [0.05, 0.1) is 22.9 Å². The average Bonchev–Trinajstić information content (AvgIpc) is 2.73. The van der Waals surface area contributed by atoms with Crippen molar-refractivity contribution in [3.05, 3.63) is 52.3 Å². The third kappa shape index (κ3) is 4.36. The van der Waals surface area contributed by atoms with E-state index in [0.717, 1.165) is 24.5 Å². The van der Waals surface area contributed by atoms with Crippen molar-refractivity contribution in [1.82, 2.24) is 4.90 Å². The highest BCUT2D eigenvalue weighted by atomic mass is 35.5. The first-order valence-corrected chi connectivity index (χ1v) is 10.2. The van der Waals surface area contributed by atoms with Gasteiger partial charge in [-0.15, -0.1) is 0 Å². The maximum absolute atomic E-state index is 14.5. The zero-order valence-electron chi connectivity index (χ0n) is 16.5. The summed E-state index contributed by atoms with van der Waals surface area (Å²) < 4.78 is 25.5. The molecular formula is C22H22ClFN2O4. The average molecular weight is 433 g/mol. The van der Waals surface area contributed by atoms with Crippen LogP contribution in [0.1, 0.15) is 28.8 Å². The summed E-state index contributed by atoms with van der Waals surface area (Å²) in [6.45, 7) is 3.33. The molecular weight excluding hydrogens is 411 g/mol. The minimum absolute atomic E-state index is 0.0688. The molecule has 0 radical (unpaired) electrons. The van der Waals surface area contributed by atoms with Gasteiger partial charge in [0, 0.05) is 19.2 Å². The van der Waals surface area contributed by atoms with Crippen LogP contribution < -0.4 is 14.8 Å². The SMILES string of the molecule is Cc1ccc(OCC2CCN(C(=O)c3cc4c(cc3F)OCC(=O)N4)CC2)c(Cl)c1. The number of carbonyl (C=O) groups excluding carboxylic acids is 2. The highest BCUT2D eigenvalue weighted by Gasteiger charge is 2.28. The van der Waals surface area contributed by atoms with Crippen LogP contribution in [0.2, 0.25) is 5.02 Å². The number of aryl methyl sites for hydroxylation is 1. The van der Waals surface area contributed by atoms with Gasteiger partial charge in [0.25, 0.3) is 11.8 Å². The van der Waals surface area contributed by atoms with Crippen LogP contribution in [0, 0.1) is 18.7 Å². The summed E-state index contributed by atoms with van der Waals surface area (Å²) in [6.07, 6.45) is 1.50. The Morgan fingerprint density at radius 2 is 2.07 bits per heavy atom. The van der Waals surface area contributed by atoms with Crippen molar-refractivity contribution >= 4 is 29.1 Å². The Morgan fingerprint density at radius 3 is 2.80 bits per heavy atom. The molecule has 0 spiro atoms. The molecule has 2 amide bonds. The fourth-order valence-electron chi connectivity index (χ4n) is 3.67. The number of benzene rings is 2. The summed E-state index contributed by atoms with van der Waals surface area (Å²) in [5, 5.41) is 3.19. The second kappa shape index (κ2) is 8.52. The number of piperidine rings is 1. The van der Waals surface area contributed by atoms with E-state index in [1.54, 1.807) is 4.90 Å². The van der Waals surface area contributed by atoms with Crippen LogP contribution >= 0.6 is 11.6 Å². The Morgan fingerprint density at radius 1 is 1.30 bits per heavy atom. The minimum atomic E-state index is -0.658. The van der Waals surface area contributed by atoms with Crippen LogP contribution in [0.15, 0.2) is 30.3 Å². The summed E-state index contributed by atoms with van der Waals surface area (Å²) >= 11 is 6.21. The summed E-state index contributed by atoms with van der Waals surface area (Å²) in [5.41, 5.74) is 1.31. The second-order valence-electron chi connectivity index (χ2n) is 7.65. The lowest BCUT2D eigenvalue weighted by atomic mass is 9.97. The fraction of sp³-hybridized carbons (Fsp3) is 0.364. The molecule has 0 saturated carbocycles. The van der Waals surface area contributed by atoms with E-state index in [-0.39, 0.29) is 29.7 Å². The van der Waals surface area contributed by atoms with Gasteiger partial charge in [-0.3, -0.25) is 9.59 Å². The number of fused-ring (bicyclic) bond motifs is 1. The molecule has 1 saturated heterocycles. The predicted octanol–water partition coefficient (Wildman–Crippen LogP) is 4.05. The van der Waals surface area contributed by atoms with E-state index in [4.69, 9.17) is 21.1 Å². The summed E-state index contributed by atoms with van der Waals surface area (Å²) in [5.74, 6) is -0.213. The second-order valence-corrected chi connectivity index (χ2v) is 8.05. The number of halogens is 2. The van der Waals surface area contributed by atoms with E-state index in [9.17, 15) is 14.0 Å². The Bertz CT molecular complexity index is 989. The lowest BCUT2D eigenvalue weighted by molar-refractivity contribution is -0.118. The molecule has 2 aromatic rings. The monoisotopic (exact) mass is 432 g/mol. The van der Waals surface area contributed by atoms with Crippen LogP contribution in [0.25, 0.3) is 0 Å². The van der Waals surface area contributed by atoms with Gasteiger partial charge in [-0.1, -0.05) is 17.7 Å². The highest BCUT2D eigenvalue weighted by molar-refractivity contribution is 6.32. The van der Waals surface area contributed by atoms with Crippen molar-refractivity contribution in [3.8, 4) is 11.5 Å². The molecule has 1 N–H and O–H groups in total. The zero-order chi connectivity index (χ0) is 21.3. The first-order valence-electron chi connectivity index (χ1n) is 9.85. The Hall–Kier alpha value is -2.80. The Labute approximate surface area is 178 Å². The van der Waals surface area contributed by atoms with Crippen molar-refractivity contribution in [3.63, 3.8) is 0 Å². The van der Waals surface area contributed by atoms with Crippen molar-refractivity contribution in [1.29, 1.82) is 0 Å². The van der Waals surface area contributed by atoms with E-state index >= 15 is 0 Å². The largest absolute Gasteiger partial charge is 0.492 e. The van der Waals surface area contributed by atoms with Crippen LogP contribution in [-0.4, -0.2) is 43.0 Å². The minimum Gasteiger partial charge on any atom is -0.492 e. The topological polar surface area (TPSA) is 67.9 Å². The van der Waals surface area contributed by atoms with Crippen molar-refractivity contribution in [2.24, 2.45) is 5.92 Å². The van der Waals surface area contributed by atoms with Gasteiger partial charge in [-0.2, -0.15) is 0 Å². The van der Waals surface area contributed by atoms with Gasteiger partial charge in [-0.25, -0.2) is 4.39 Å². The van der Waals surface area contributed by atoms with E-state index in [1.807, 2.05) is 25.1 Å². The van der Waals surface area contributed by atoms with Crippen LogP contribution in [-0.2, 0) is 4.79 Å². The van der Waals surface area contributed by atoms with Crippen molar-refractivity contribution in [2.75, 3.05) is 31.6 Å².